The molecule has 0 atom stereocenters. The van der Waals surface area contributed by atoms with E-state index in [1.165, 1.54) is 23.4 Å². The summed E-state index contributed by atoms with van der Waals surface area (Å²) in [6.45, 7) is 8.15. The summed E-state index contributed by atoms with van der Waals surface area (Å²) in [6.07, 6.45) is 3.87. The van der Waals surface area contributed by atoms with Crippen molar-refractivity contribution in [2.24, 2.45) is 10.4 Å². The van der Waals surface area contributed by atoms with Crippen molar-refractivity contribution in [3.05, 3.63) is 18.0 Å². The lowest BCUT2D eigenvalue weighted by molar-refractivity contribution is 0.259. The van der Waals surface area contributed by atoms with Gasteiger partial charge in [-0.1, -0.05) is 12.1 Å². The number of piperazine rings is 1. The van der Waals surface area contributed by atoms with E-state index in [4.69, 9.17) is 9.52 Å². The van der Waals surface area contributed by atoms with Gasteiger partial charge in [0.2, 0.25) is 10.0 Å². The second-order valence-electron chi connectivity index (χ2n) is 7.11. The molecule has 0 unspecified atom stereocenters. The third-order valence-corrected chi connectivity index (χ3v) is 6.61. The fourth-order valence-electron chi connectivity index (χ4n) is 2.83. The maximum absolute atomic E-state index is 12.5. The van der Waals surface area contributed by atoms with Crippen LogP contribution in [0, 0.1) is 5.41 Å². The minimum Gasteiger partial charge on any atom is -0.364 e. The zero-order valence-electron chi connectivity index (χ0n) is 15.3. The Labute approximate surface area is 172 Å². The van der Waals surface area contributed by atoms with Crippen LogP contribution in [0.4, 0.5) is 0 Å². The van der Waals surface area contributed by atoms with Gasteiger partial charge in [0.15, 0.2) is 5.96 Å². The van der Waals surface area contributed by atoms with Crippen molar-refractivity contribution in [3.63, 3.8) is 0 Å². The fraction of sp³-hybridized carbons (Fsp3) is 0.750. The molecule has 0 amide bonds. The van der Waals surface area contributed by atoms with Crippen LogP contribution in [0.3, 0.4) is 0 Å². The zero-order valence-corrected chi connectivity index (χ0v) is 18.5. The lowest BCUT2D eigenvalue weighted by Crippen LogP contribution is -2.54. The summed E-state index contributed by atoms with van der Waals surface area (Å²) >= 11 is 0. The van der Waals surface area contributed by atoms with E-state index in [-0.39, 0.29) is 29.7 Å². The number of sulfonamides is 1. The monoisotopic (exact) mass is 497 g/mol. The predicted molar refractivity (Wildman–Crippen MR) is 111 cm³/mol. The van der Waals surface area contributed by atoms with Crippen molar-refractivity contribution in [1.82, 2.24) is 19.7 Å². The molecule has 3 rings (SSSR count). The first kappa shape index (κ1) is 21.4. The first-order chi connectivity index (χ1) is 11.9. The Kier molecular flexibility index (Phi) is 7.31. The number of nitrogens with one attached hydrogen (secondary N) is 1. The number of guanidine groups is 1. The predicted octanol–water partition coefficient (Wildman–Crippen LogP) is 1.51. The molecule has 0 radical (unpaired) electrons. The van der Waals surface area contributed by atoms with Gasteiger partial charge in [0.25, 0.3) is 0 Å². The SMILES string of the molecule is CCNC(=NCC1(C)CC1)N1CCN(S(=O)(=O)Cc2ccon2)CC1.I. The van der Waals surface area contributed by atoms with Crippen LogP contribution in [-0.2, 0) is 15.8 Å². The van der Waals surface area contributed by atoms with Crippen LogP contribution < -0.4 is 5.32 Å². The second kappa shape index (κ2) is 8.87. The summed E-state index contributed by atoms with van der Waals surface area (Å²) in [5.74, 6) is 0.778. The van der Waals surface area contributed by atoms with Crippen LogP contribution in [0.15, 0.2) is 21.8 Å². The summed E-state index contributed by atoms with van der Waals surface area (Å²) in [4.78, 5) is 6.91. The topological polar surface area (TPSA) is 91.0 Å². The normalized spacial score (nSPS) is 20.5. The molecule has 1 aliphatic heterocycles. The Hall–Kier alpha value is -0.880. The van der Waals surface area contributed by atoms with Gasteiger partial charge in [-0.3, -0.25) is 4.99 Å². The first-order valence-electron chi connectivity index (χ1n) is 8.82. The molecule has 2 fully saturated rings. The molecule has 1 N–H and O–H groups in total. The van der Waals surface area contributed by atoms with Crippen molar-refractivity contribution in [2.45, 2.75) is 32.4 Å². The van der Waals surface area contributed by atoms with E-state index in [2.05, 4.69) is 22.3 Å². The number of hydrogen-bond acceptors (Lipinski definition) is 5. The van der Waals surface area contributed by atoms with E-state index in [1.54, 1.807) is 6.07 Å². The van der Waals surface area contributed by atoms with Crippen LogP contribution in [0.1, 0.15) is 32.4 Å². The van der Waals surface area contributed by atoms with Crippen molar-refractivity contribution >= 4 is 40.0 Å². The molecule has 148 valence electrons. The molecule has 0 spiro atoms. The number of aromatic nitrogens is 1. The Balaban J connectivity index is 0.00000243. The summed E-state index contributed by atoms with van der Waals surface area (Å²) in [5.41, 5.74) is 0.804. The van der Waals surface area contributed by atoms with Crippen molar-refractivity contribution in [2.75, 3.05) is 39.3 Å². The van der Waals surface area contributed by atoms with Crippen LogP contribution in [-0.4, -0.2) is 68.0 Å². The van der Waals surface area contributed by atoms with Crippen LogP contribution in [0.2, 0.25) is 0 Å². The van der Waals surface area contributed by atoms with E-state index >= 15 is 0 Å². The van der Waals surface area contributed by atoms with Gasteiger partial charge in [-0.25, -0.2) is 8.42 Å². The maximum Gasteiger partial charge on any atom is 0.220 e. The van der Waals surface area contributed by atoms with Crippen molar-refractivity contribution < 1.29 is 12.9 Å². The molecule has 1 saturated carbocycles. The largest absolute Gasteiger partial charge is 0.364 e. The molecule has 2 heterocycles. The van der Waals surface area contributed by atoms with E-state index in [9.17, 15) is 8.42 Å². The third kappa shape index (κ3) is 5.56. The molecule has 1 aromatic rings. The first-order valence-corrected chi connectivity index (χ1v) is 10.4. The highest BCUT2D eigenvalue weighted by atomic mass is 127. The van der Waals surface area contributed by atoms with E-state index in [0.717, 1.165) is 19.0 Å². The van der Waals surface area contributed by atoms with E-state index in [1.807, 2.05) is 6.92 Å². The number of halogens is 1. The quantitative estimate of drug-likeness (QED) is 0.364. The fourth-order valence-corrected chi connectivity index (χ4v) is 4.26. The van der Waals surface area contributed by atoms with Gasteiger partial charge in [-0.15, -0.1) is 24.0 Å². The molecule has 0 bridgehead atoms. The minimum absolute atomic E-state index is 0. The summed E-state index contributed by atoms with van der Waals surface area (Å²) < 4.78 is 31.3. The van der Waals surface area contributed by atoms with Crippen LogP contribution in [0.5, 0.6) is 0 Å². The van der Waals surface area contributed by atoms with E-state index < -0.39 is 10.0 Å². The standard InChI is InChI=1S/C16H27N5O3S.HI/c1-3-17-15(18-13-16(2)5-6-16)20-7-9-21(10-8-20)25(22,23)12-14-4-11-24-19-14;/h4,11H,3,5-10,12-13H2,1-2H3,(H,17,18);1H. The number of nitrogens with zero attached hydrogens (tertiary/aromatic N) is 4. The van der Waals surface area contributed by atoms with Gasteiger partial charge in [-0.05, 0) is 25.2 Å². The smallest absolute Gasteiger partial charge is 0.220 e. The maximum atomic E-state index is 12.5. The van der Waals surface area contributed by atoms with Gasteiger partial charge in [0.05, 0.1) is 5.69 Å². The van der Waals surface area contributed by atoms with Gasteiger partial charge >= 0.3 is 0 Å². The number of hydrogen-bond donors (Lipinski definition) is 1. The number of rotatable bonds is 6. The molecule has 26 heavy (non-hydrogen) atoms. The molecule has 1 saturated heterocycles. The lowest BCUT2D eigenvalue weighted by atomic mass is 10.1. The number of aliphatic imine (C=N–C) groups is 1. The van der Waals surface area contributed by atoms with Gasteiger partial charge in [0.1, 0.15) is 12.0 Å². The highest BCUT2D eigenvalue weighted by molar-refractivity contribution is 14.0. The minimum atomic E-state index is -3.37. The van der Waals surface area contributed by atoms with Crippen molar-refractivity contribution in [1.29, 1.82) is 0 Å². The molecular weight excluding hydrogens is 469 g/mol. The van der Waals surface area contributed by atoms with Crippen LogP contribution >= 0.6 is 24.0 Å². The van der Waals surface area contributed by atoms with Crippen LogP contribution in [0.25, 0.3) is 0 Å². The van der Waals surface area contributed by atoms with Gasteiger partial charge < -0.3 is 14.7 Å². The molecule has 10 heteroatoms. The average Bonchev–Trinajstić information content (AvgIpc) is 3.11. The Morgan fingerprint density at radius 1 is 1.35 bits per heavy atom. The second-order valence-corrected chi connectivity index (χ2v) is 9.08. The molecule has 8 nitrogen and oxygen atoms in total. The lowest BCUT2D eigenvalue weighted by Gasteiger charge is -2.35. The Bertz CT molecular complexity index is 695. The molecule has 0 aromatic carbocycles. The van der Waals surface area contributed by atoms with E-state index in [0.29, 0.717) is 37.3 Å². The van der Waals surface area contributed by atoms with Gasteiger partial charge in [-0.2, -0.15) is 4.31 Å². The zero-order chi connectivity index (χ0) is 17.9. The third-order valence-electron chi connectivity index (χ3n) is 4.80. The summed E-state index contributed by atoms with van der Waals surface area (Å²) in [5, 5.41) is 7.02. The highest BCUT2D eigenvalue weighted by Crippen LogP contribution is 2.45. The molecule has 1 aromatic heterocycles. The molecule has 1 aliphatic carbocycles. The summed E-state index contributed by atoms with van der Waals surface area (Å²) in [7, 11) is -3.37. The molecule has 2 aliphatic rings. The molecular formula is C16H28IN5O3S. The highest BCUT2D eigenvalue weighted by Gasteiger charge is 2.37. The van der Waals surface area contributed by atoms with Gasteiger partial charge in [0, 0.05) is 45.3 Å². The average molecular weight is 497 g/mol. The Morgan fingerprint density at radius 3 is 2.58 bits per heavy atom. The summed E-state index contributed by atoms with van der Waals surface area (Å²) in [6, 6.07) is 1.59. The van der Waals surface area contributed by atoms with Crippen molar-refractivity contribution in [3.8, 4) is 0 Å². The Morgan fingerprint density at radius 2 is 2.04 bits per heavy atom.